The summed E-state index contributed by atoms with van der Waals surface area (Å²) in [6.07, 6.45) is 2.32. The Kier molecular flexibility index (Phi) is 6.27. The number of nitrogens with one attached hydrogen (secondary N) is 1. The summed E-state index contributed by atoms with van der Waals surface area (Å²) in [6, 6.07) is 3.32. The van der Waals surface area contributed by atoms with E-state index in [1.807, 2.05) is 4.90 Å². The summed E-state index contributed by atoms with van der Waals surface area (Å²) in [4.78, 5) is 25.6. The van der Waals surface area contributed by atoms with E-state index in [0.29, 0.717) is 41.0 Å². The van der Waals surface area contributed by atoms with Gasteiger partial charge in [-0.2, -0.15) is 0 Å². The monoisotopic (exact) mass is 384 g/mol. The quantitative estimate of drug-likeness (QED) is 0.731. The number of hydrogen-bond acceptors (Lipinski definition) is 4. The lowest BCUT2D eigenvalue weighted by Gasteiger charge is -2.15. The number of amides is 2. The van der Waals surface area contributed by atoms with Crippen molar-refractivity contribution < 1.29 is 19.1 Å². The molecule has 1 fully saturated rings. The van der Waals surface area contributed by atoms with Gasteiger partial charge >= 0.3 is 0 Å². The van der Waals surface area contributed by atoms with Gasteiger partial charge in [-0.3, -0.25) is 9.59 Å². The summed E-state index contributed by atoms with van der Waals surface area (Å²) >= 11 is 3.37. The molecule has 6 nitrogen and oxygen atoms in total. The second kappa shape index (κ2) is 8.19. The third-order valence-electron chi connectivity index (χ3n) is 3.77. The number of likely N-dealkylation sites (tertiary alicyclic amines) is 1. The van der Waals surface area contributed by atoms with E-state index < -0.39 is 0 Å². The number of methoxy groups -OCH3 is 2. The number of nitrogens with zero attached hydrogens (tertiary/aromatic N) is 1. The fourth-order valence-electron chi connectivity index (χ4n) is 2.51. The molecule has 0 unspecified atom stereocenters. The minimum absolute atomic E-state index is 0.193. The predicted molar refractivity (Wildman–Crippen MR) is 90.0 cm³/mol. The van der Waals surface area contributed by atoms with E-state index in [0.717, 1.165) is 19.4 Å². The molecule has 0 atom stereocenters. The van der Waals surface area contributed by atoms with Gasteiger partial charge in [0, 0.05) is 31.6 Å². The highest BCUT2D eigenvalue weighted by Crippen LogP contribution is 2.35. The van der Waals surface area contributed by atoms with Crippen molar-refractivity contribution in [2.45, 2.75) is 19.3 Å². The third kappa shape index (κ3) is 4.37. The number of rotatable bonds is 7. The molecular weight excluding hydrogens is 364 g/mol. The molecule has 0 radical (unpaired) electrons. The molecule has 1 N–H and O–H groups in total. The van der Waals surface area contributed by atoms with Crippen LogP contribution < -0.4 is 14.8 Å². The van der Waals surface area contributed by atoms with Crippen LogP contribution in [0.4, 0.5) is 0 Å². The summed E-state index contributed by atoms with van der Waals surface area (Å²) in [5.74, 6) is 1.09. The molecule has 2 amide bonds. The van der Waals surface area contributed by atoms with Crippen LogP contribution in [-0.2, 0) is 4.79 Å². The summed E-state index contributed by atoms with van der Waals surface area (Å²) in [6.45, 7) is 2.03. The molecule has 7 heteroatoms. The molecule has 1 aromatic rings. The largest absolute Gasteiger partial charge is 0.495 e. The lowest BCUT2D eigenvalue weighted by atomic mass is 10.2. The Bertz CT molecular complexity index is 566. The Balaban J connectivity index is 1.89. The van der Waals surface area contributed by atoms with Crippen LogP contribution in [0, 0.1) is 0 Å². The van der Waals surface area contributed by atoms with Crippen molar-refractivity contribution in [2.75, 3.05) is 33.9 Å². The van der Waals surface area contributed by atoms with E-state index in [1.54, 1.807) is 12.1 Å². The molecule has 0 aliphatic carbocycles. The Morgan fingerprint density at radius 3 is 2.48 bits per heavy atom. The Hall–Kier alpha value is -1.76. The maximum absolute atomic E-state index is 12.2. The molecular formula is C16H21BrN2O4. The minimum atomic E-state index is -0.193. The minimum Gasteiger partial charge on any atom is -0.495 e. The standard InChI is InChI=1S/C16H21BrN2O4/c1-22-12-9-11(10-13(23-2)15(12)17)16(21)18-6-4-8-19-7-3-5-14(19)20/h9-10H,3-8H2,1-2H3,(H,18,21). The highest BCUT2D eigenvalue weighted by molar-refractivity contribution is 9.10. The zero-order valence-corrected chi connectivity index (χ0v) is 14.9. The number of carbonyl (C=O) groups excluding carboxylic acids is 2. The average molecular weight is 385 g/mol. The normalized spacial score (nSPS) is 14.0. The van der Waals surface area contributed by atoms with E-state index in [1.165, 1.54) is 14.2 Å². The molecule has 23 heavy (non-hydrogen) atoms. The van der Waals surface area contributed by atoms with Gasteiger partial charge in [-0.05, 0) is 40.9 Å². The molecule has 1 saturated heterocycles. The molecule has 1 aromatic carbocycles. The van der Waals surface area contributed by atoms with Crippen molar-refractivity contribution >= 4 is 27.7 Å². The zero-order valence-electron chi connectivity index (χ0n) is 13.4. The van der Waals surface area contributed by atoms with Crippen LogP contribution in [0.5, 0.6) is 11.5 Å². The summed E-state index contributed by atoms with van der Waals surface area (Å²) in [5, 5.41) is 2.86. The highest BCUT2D eigenvalue weighted by atomic mass is 79.9. The maximum Gasteiger partial charge on any atom is 0.251 e. The number of benzene rings is 1. The Morgan fingerprint density at radius 2 is 1.96 bits per heavy atom. The maximum atomic E-state index is 12.2. The molecule has 0 saturated carbocycles. The number of halogens is 1. The summed E-state index contributed by atoms with van der Waals surface area (Å²) < 4.78 is 11.1. The number of hydrogen-bond donors (Lipinski definition) is 1. The molecule has 2 rings (SSSR count). The van der Waals surface area contributed by atoms with Gasteiger partial charge in [0.05, 0.1) is 14.2 Å². The second-order valence-corrected chi connectivity index (χ2v) is 6.08. The van der Waals surface area contributed by atoms with E-state index >= 15 is 0 Å². The molecule has 0 aromatic heterocycles. The fourth-order valence-corrected chi connectivity index (χ4v) is 3.07. The Labute approximate surface area is 144 Å². The molecule has 0 spiro atoms. The molecule has 126 valence electrons. The van der Waals surface area contributed by atoms with Crippen molar-refractivity contribution in [1.82, 2.24) is 10.2 Å². The first-order chi connectivity index (χ1) is 11.1. The van der Waals surface area contributed by atoms with E-state index in [-0.39, 0.29) is 11.8 Å². The van der Waals surface area contributed by atoms with Gasteiger partial charge in [0.15, 0.2) is 0 Å². The lowest BCUT2D eigenvalue weighted by molar-refractivity contribution is -0.127. The lowest BCUT2D eigenvalue weighted by Crippen LogP contribution is -2.30. The average Bonchev–Trinajstić information content (AvgIpc) is 2.96. The van der Waals surface area contributed by atoms with Crippen LogP contribution >= 0.6 is 15.9 Å². The van der Waals surface area contributed by atoms with E-state index in [2.05, 4.69) is 21.2 Å². The van der Waals surface area contributed by atoms with Crippen LogP contribution in [0.3, 0.4) is 0 Å². The topological polar surface area (TPSA) is 67.9 Å². The van der Waals surface area contributed by atoms with Gasteiger partial charge in [0.25, 0.3) is 5.91 Å². The van der Waals surface area contributed by atoms with Crippen LogP contribution in [0.25, 0.3) is 0 Å². The van der Waals surface area contributed by atoms with Crippen molar-refractivity contribution in [1.29, 1.82) is 0 Å². The molecule has 1 aliphatic rings. The predicted octanol–water partition coefficient (Wildman–Crippen LogP) is 2.21. The van der Waals surface area contributed by atoms with Gasteiger partial charge in [-0.25, -0.2) is 0 Å². The second-order valence-electron chi connectivity index (χ2n) is 5.29. The van der Waals surface area contributed by atoms with Crippen LogP contribution in [0.1, 0.15) is 29.6 Å². The first-order valence-electron chi connectivity index (χ1n) is 7.54. The zero-order chi connectivity index (χ0) is 16.8. The molecule has 1 aliphatic heterocycles. The highest BCUT2D eigenvalue weighted by Gasteiger charge is 2.19. The smallest absolute Gasteiger partial charge is 0.251 e. The molecule has 0 bridgehead atoms. The SMILES string of the molecule is COc1cc(C(=O)NCCCN2CCCC2=O)cc(OC)c1Br. The van der Waals surface area contributed by atoms with Gasteiger partial charge in [-0.1, -0.05) is 0 Å². The first kappa shape index (κ1) is 17.6. The van der Waals surface area contributed by atoms with Crippen LogP contribution in [-0.4, -0.2) is 50.6 Å². The van der Waals surface area contributed by atoms with Gasteiger partial charge < -0.3 is 19.7 Å². The van der Waals surface area contributed by atoms with Crippen molar-refractivity contribution in [3.05, 3.63) is 22.2 Å². The first-order valence-corrected chi connectivity index (χ1v) is 8.33. The molecule has 1 heterocycles. The van der Waals surface area contributed by atoms with Gasteiger partial charge in [-0.15, -0.1) is 0 Å². The third-order valence-corrected chi connectivity index (χ3v) is 4.55. The van der Waals surface area contributed by atoms with Crippen molar-refractivity contribution in [3.8, 4) is 11.5 Å². The van der Waals surface area contributed by atoms with Gasteiger partial charge in [0.1, 0.15) is 16.0 Å². The van der Waals surface area contributed by atoms with Crippen molar-refractivity contribution in [2.24, 2.45) is 0 Å². The number of ether oxygens (including phenoxy) is 2. The van der Waals surface area contributed by atoms with E-state index in [4.69, 9.17) is 9.47 Å². The number of carbonyl (C=O) groups is 2. The van der Waals surface area contributed by atoms with E-state index in [9.17, 15) is 9.59 Å². The summed E-state index contributed by atoms with van der Waals surface area (Å²) in [7, 11) is 3.07. The van der Waals surface area contributed by atoms with Crippen LogP contribution in [0.2, 0.25) is 0 Å². The van der Waals surface area contributed by atoms with Gasteiger partial charge in [0.2, 0.25) is 5.91 Å². The fraction of sp³-hybridized carbons (Fsp3) is 0.500. The summed E-state index contributed by atoms with van der Waals surface area (Å²) in [5.41, 5.74) is 0.471. The Morgan fingerprint density at radius 1 is 1.30 bits per heavy atom. The van der Waals surface area contributed by atoms with Crippen molar-refractivity contribution in [3.63, 3.8) is 0 Å². The van der Waals surface area contributed by atoms with Crippen LogP contribution in [0.15, 0.2) is 16.6 Å².